The zero-order valence-electron chi connectivity index (χ0n) is 15.3. The van der Waals surface area contributed by atoms with Gasteiger partial charge in [-0.1, -0.05) is 12.1 Å². The highest BCUT2D eigenvalue weighted by Gasteiger charge is 2.13. The number of aromatic carboxylic acids is 1. The van der Waals surface area contributed by atoms with E-state index in [0.29, 0.717) is 28.5 Å². The van der Waals surface area contributed by atoms with Gasteiger partial charge in [-0.2, -0.15) is 5.26 Å². The number of hydrogen-bond donors (Lipinski definition) is 3. The second-order valence-electron chi connectivity index (χ2n) is 6.51. The van der Waals surface area contributed by atoms with Gasteiger partial charge in [0, 0.05) is 11.6 Å². The normalized spacial score (nSPS) is 11.5. The molecule has 0 fully saturated rings. The van der Waals surface area contributed by atoms with E-state index < -0.39 is 5.97 Å². The fraction of sp³-hybridized carbons (Fsp3) is 0.0455. The summed E-state index contributed by atoms with van der Waals surface area (Å²) in [5, 5.41) is 28.4. The number of furan rings is 1. The number of nitrogens with one attached hydrogen (secondary N) is 1. The van der Waals surface area contributed by atoms with Crippen molar-refractivity contribution in [2.24, 2.45) is 0 Å². The molecule has 0 unspecified atom stereocenters. The molecule has 0 aliphatic rings. The summed E-state index contributed by atoms with van der Waals surface area (Å²) in [5.41, 5.74) is 3.32. The molecular formula is C22H15N3O4. The van der Waals surface area contributed by atoms with Crippen molar-refractivity contribution in [1.82, 2.24) is 9.97 Å². The first-order chi connectivity index (χ1) is 13.9. The molecule has 3 N–H and O–H groups in total. The number of carbonyl (C=O) groups is 1. The van der Waals surface area contributed by atoms with Gasteiger partial charge in [0.1, 0.15) is 34.7 Å². The number of hydrogen-bond acceptors (Lipinski definition) is 5. The quantitative estimate of drug-likeness (QED) is 0.441. The number of H-pyrrole nitrogens is 1. The Bertz CT molecular complexity index is 1320. The molecule has 4 rings (SSSR count). The fourth-order valence-electron chi connectivity index (χ4n) is 2.99. The summed E-state index contributed by atoms with van der Waals surface area (Å²) in [5.74, 6) is -0.263. The molecule has 0 aliphatic carbocycles. The van der Waals surface area contributed by atoms with Gasteiger partial charge in [0.2, 0.25) is 0 Å². The lowest BCUT2D eigenvalue weighted by molar-refractivity contribution is 0.0693. The van der Waals surface area contributed by atoms with E-state index in [1.54, 1.807) is 24.3 Å². The number of aryl methyl sites for hydroxylation is 1. The number of imidazole rings is 1. The highest BCUT2D eigenvalue weighted by Crippen LogP contribution is 2.29. The number of benzene rings is 2. The Morgan fingerprint density at radius 2 is 2.03 bits per heavy atom. The molecule has 2 aromatic heterocycles. The molecule has 142 valence electrons. The molecule has 0 atom stereocenters. The molecule has 7 nitrogen and oxygen atoms in total. The predicted molar refractivity (Wildman–Crippen MR) is 107 cm³/mol. The summed E-state index contributed by atoms with van der Waals surface area (Å²) in [6.07, 6.45) is 1.57. The monoisotopic (exact) mass is 385 g/mol. The van der Waals surface area contributed by atoms with Gasteiger partial charge in [0.25, 0.3) is 0 Å². The number of allylic oxidation sites excluding steroid dienone is 1. The summed E-state index contributed by atoms with van der Waals surface area (Å²) in [4.78, 5) is 18.6. The number of aromatic hydroxyl groups is 1. The SMILES string of the molecule is Cc1ccc2[nH]c(/C(C#N)=C\c3ccc(-c4ccc(C(=O)O)c(O)c4)o3)nc2c1. The molecule has 29 heavy (non-hydrogen) atoms. The van der Waals surface area contributed by atoms with E-state index in [1.807, 2.05) is 25.1 Å². The lowest BCUT2D eigenvalue weighted by Gasteiger charge is -2.02. The van der Waals surface area contributed by atoms with Crippen molar-refractivity contribution < 1.29 is 19.4 Å². The Morgan fingerprint density at radius 1 is 1.21 bits per heavy atom. The smallest absolute Gasteiger partial charge is 0.339 e. The first kappa shape index (κ1) is 18.1. The van der Waals surface area contributed by atoms with Gasteiger partial charge in [-0.15, -0.1) is 0 Å². The fourth-order valence-corrected chi connectivity index (χ4v) is 2.99. The van der Waals surface area contributed by atoms with E-state index in [9.17, 15) is 15.2 Å². The summed E-state index contributed by atoms with van der Waals surface area (Å²) in [6.45, 7) is 1.97. The molecule has 0 amide bonds. The summed E-state index contributed by atoms with van der Waals surface area (Å²) < 4.78 is 5.74. The number of aromatic amines is 1. The predicted octanol–water partition coefficient (Wildman–Crippen LogP) is 4.60. The highest BCUT2D eigenvalue weighted by molar-refractivity contribution is 5.92. The molecule has 2 aromatic carbocycles. The number of carboxylic acids is 1. The van der Waals surface area contributed by atoms with E-state index >= 15 is 0 Å². The van der Waals surface area contributed by atoms with Crippen LogP contribution in [-0.4, -0.2) is 26.2 Å². The van der Waals surface area contributed by atoms with Crippen LogP contribution in [0, 0.1) is 18.3 Å². The maximum Gasteiger partial charge on any atom is 0.339 e. The summed E-state index contributed by atoms with van der Waals surface area (Å²) in [7, 11) is 0. The van der Waals surface area contributed by atoms with Gasteiger partial charge in [0.05, 0.1) is 16.6 Å². The van der Waals surface area contributed by atoms with Gasteiger partial charge in [-0.05, 0) is 48.9 Å². The number of fused-ring (bicyclic) bond motifs is 1. The van der Waals surface area contributed by atoms with Crippen molar-refractivity contribution in [1.29, 1.82) is 5.26 Å². The minimum atomic E-state index is -1.21. The van der Waals surface area contributed by atoms with Crippen molar-refractivity contribution in [2.75, 3.05) is 0 Å². The van der Waals surface area contributed by atoms with Gasteiger partial charge in [0.15, 0.2) is 0 Å². The van der Waals surface area contributed by atoms with Crippen molar-refractivity contribution >= 4 is 28.7 Å². The van der Waals surface area contributed by atoms with Crippen molar-refractivity contribution in [2.45, 2.75) is 6.92 Å². The summed E-state index contributed by atoms with van der Waals surface area (Å²) >= 11 is 0. The largest absolute Gasteiger partial charge is 0.507 e. The lowest BCUT2D eigenvalue weighted by Crippen LogP contribution is -1.96. The minimum absolute atomic E-state index is 0.188. The molecule has 0 aliphatic heterocycles. The maximum atomic E-state index is 11.0. The van der Waals surface area contributed by atoms with Crippen LogP contribution in [0.1, 0.15) is 27.5 Å². The molecule has 7 heteroatoms. The van der Waals surface area contributed by atoms with Crippen LogP contribution in [0.3, 0.4) is 0 Å². The average molecular weight is 385 g/mol. The van der Waals surface area contributed by atoms with Crippen molar-refractivity contribution in [3.63, 3.8) is 0 Å². The Kier molecular flexibility index (Phi) is 4.37. The van der Waals surface area contributed by atoms with Crippen LogP contribution in [0.4, 0.5) is 0 Å². The van der Waals surface area contributed by atoms with Crippen LogP contribution in [-0.2, 0) is 0 Å². The lowest BCUT2D eigenvalue weighted by atomic mass is 10.1. The van der Waals surface area contributed by atoms with Crippen LogP contribution in [0.2, 0.25) is 0 Å². The average Bonchev–Trinajstić information content (AvgIpc) is 3.32. The summed E-state index contributed by atoms with van der Waals surface area (Å²) in [6, 6.07) is 15.5. The minimum Gasteiger partial charge on any atom is -0.507 e. The van der Waals surface area contributed by atoms with E-state index in [-0.39, 0.29) is 11.3 Å². The van der Waals surface area contributed by atoms with Crippen LogP contribution < -0.4 is 0 Å². The Labute approximate surface area is 165 Å². The second kappa shape index (κ2) is 7.02. The number of rotatable bonds is 4. The zero-order chi connectivity index (χ0) is 20.5. The molecule has 0 saturated heterocycles. The molecular weight excluding hydrogens is 370 g/mol. The van der Waals surface area contributed by atoms with Crippen molar-refractivity contribution in [3.8, 4) is 23.1 Å². The van der Waals surface area contributed by atoms with Gasteiger partial charge in [-0.25, -0.2) is 9.78 Å². The topological polar surface area (TPSA) is 123 Å². The van der Waals surface area contributed by atoms with Crippen LogP contribution in [0.15, 0.2) is 52.9 Å². The second-order valence-corrected chi connectivity index (χ2v) is 6.51. The van der Waals surface area contributed by atoms with Gasteiger partial charge >= 0.3 is 5.97 Å². The Hall–Kier alpha value is -4.31. The third-order valence-corrected chi connectivity index (χ3v) is 4.44. The van der Waals surface area contributed by atoms with Gasteiger partial charge < -0.3 is 19.6 Å². The Balaban J connectivity index is 1.67. The first-order valence-electron chi connectivity index (χ1n) is 8.69. The third kappa shape index (κ3) is 3.47. The molecule has 4 aromatic rings. The number of nitriles is 1. The standard InChI is InChI=1S/C22H15N3O4/c1-12-2-6-17-18(8-12)25-21(24-17)14(11-23)9-15-4-7-20(29-15)13-3-5-16(22(27)28)19(26)10-13/h2-10,26H,1H3,(H,24,25)(H,27,28)/b14-9-. The first-order valence-corrected chi connectivity index (χ1v) is 8.69. The van der Waals surface area contributed by atoms with Crippen LogP contribution in [0.25, 0.3) is 34.0 Å². The maximum absolute atomic E-state index is 11.0. The van der Waals surface area contributed by atoms with E-state index in [0.717, 1.165) is 16.6 Å². The number of nitrogens with zero attached hydrogens (tertiary/aromatic N) is 2. The third-order valence-electron chi connectivity index (χ3n) is 4.44. The number of aromatic nitrogens is 2. The molecule has 2 heterocycles. The van der Waals surface area contributed by atoms with E-state index in [1.165, 1.54) is 12.1 Å². The van der Waals surface area contributed by atoms with E-state index in [2.05, 4.69) is 16.0 Å². The van der Waals surface area contributed by atoms with Crippen LogP contribution >= 0.6 is 0 Å². The van der Waals surface area contributed by atoms with Gasteiger partial charge in [-0.3, -0.25) is 0 Å². The van der Waals surface area contributed by atoms with E-state index in [4.69, 9.17) is 9.52 Å². The Morgan fingerprint density at radius 3 is 2.76 bits per heavy atom. The molecule has 0 saturated carbocycles. The van der Waals surface area contributed by atoms with Crippen LogP contribution in [0.5, 0.6) is 5.75 Å². The van der Waals surface area contributed by atoms with Crippen molar-refractivity contribution in [3.05, 3.63) is 71.2 Å². The number of carboxylic acid groups (broad SMARTS) is 1. The molecule has 0 radical (unpaired) electrons. The number of phenols is 1. The molecule has 0 spiro atoms. The molecule has 0 bridgehead atoms. The zero-order valence-corrected chi connectivity index (χ0v) is 15.3. The highest BCUT2D eigenvalue weighted by atomic mass is 16.4.